The van der Waals surface area contributed by atoms with E-state index in [-0.39, 0.29) is 0 Å². The maximum absolute atomic E-state index is 5.26. The first kappa shape index (κ1) is 26.6. The monoisotopic (exact) mass is 611 g/mol. The molecule has 5 heterocycles. The Bertz CT molecular complexity index is 2880. The van der Waals surface area contributed by atoms with Gasteiger partial charge in [0.25, 0.3) is 0 Å². The summed E-state index contributed by atoms with van der Waals surface area (Å²) in [6.07, 6.45) is 1.83. The molecule has 5 nitrogen and oxygen atoms in total. The summed E-state index contributed by atoms with van der Waals surface area (Å²) in [5.41, 5.74) is 11.2. The van der Waals surface area contributed by atoms with Crippen molar-refractivity contribution in [3.63, 3.8) is 0 Å². The molecule has 48 heavy (non-hydrogen) atoms. The molecule has 222 valence electrons. The van der Waals surface area contributed by atoms with E-state index in [0.29, 0.717) is 0 Å². The topological polar surface area (TPSA) is 64.5 Å². The zero-order chi connectivity index (χ0) is 31.6. The number of nitrogens with zero attached hydrogens (tertiary/aromatic N) is 5. The van der Waals surface area contributed by atoms with Crippen LogP contribution in [0.2, 0.25) is 0 Å². The van der Waals surface area contributed by atoms with Crippen LogP contribution in [0.3, 0.4) is 0 Å². The highest BCUT2D eigenvalue weighted by Crippen LogP contribution is 2.36. The molecule has 0 bridgehead atoms. The molecule has 10 aromatic rings. The molecule has 0 atom stereocenters. The van der Waals surface area contributed by atoms with E-state index in [1.54, 1.807) is 0 Å². The lowest BCUT2D eigenvalue weighted by Gasteiger charge is -2.12. The van der Waals surface area contributed by atoms with Gasteiger partial charge in [0.05, 0.1) is 50.2 Å². The summed E-state index contributed by atoms with van der Waals surface area (Å²) in [4.78, 5) is 25.4. The largest absolute Gasteiger partial charge is 0.254 e. The van der Waals surface area contributed by atoms with Gasteiger partial charge in [-0.05, 0) is 30.3 Å². The average molecular weight is 612 g/mol. The Balaban J connectivity index is 1.12. The summed E-state index contributed by atoms with van der Waals surface area (Å²) in [7, 11) is 0. The minimum Gasteiger partial charge on any atom is -0.254 e. The molecule has 0 aliphatic heterocycles. The zero-order valence-corrected chi connectivity index (χ0v) is 25.7. The maximum Gasteiger partial charge on any atom is 0.0980 e. The van der Waals surface area contributed by atoms with Crippen molar-refractivity contribution in [3.05, 3.63) is 152 Å². The minimum absolute atomic E-state index is 0.847. The van der Waals surface area contributed by atoms with Gasteiger partial charge in [-0.1, -0.05) is 115 Å². The zero-order valence-electron chi connectivity index (χ0n) is 25.7. The van der Waals surface area contributed by atoms with E-state index in [9.17, 15) is 0 Å². The Hall–Kier alpha value is -6.59. The predicted octanol–water partition coefficient (Wildman–Crippen LogP) is 10.6. The van der Waals surface area contributed by atoms with E-state index in [2.05, 4.69) is 115 Å². The lowest BCUT2D eigenvalue weighted by Crippen LogP contribution is -1.94. The van der Waals surface area contributed by atoms with Crippen LogP contribution < -0.4 is 0 Å². The molecular formula is C43H25N5. The molecule has 0 N–H and O–H groups in total. The lowest BCUT2D eigenvalue weighted by molar-refractivity contribution is 1.36. The van der Waals surface area contributed by atoms with Gasteiger partial charge >= 0.3 is 0 Å². The molecule has 0 saturated heterocycles. The van der Waals surface area contributed by atoms with Crippen LogP contribution >= 0.6 is 0 Å². The number of benzene rings is 5. The maximum atomic E-state index is 5.26. The van der Waals surface area contributed by atoms with Gasteiger partial charge in [-0.15, -0.1) is 0 Å². The first-order valence-corrected chi connectivity index (χ1v) is 16.0. The molecule has 0 unspecified atom stereocenters. The van der Waals surface area contributed by atoms with Crippen LogP contribution in [0.1, 0.15) is 0 Å². The van der Waals surface area contributed by atoms with Crippen molar-refractivity contribution in [2.75, 3.05) is 0 Å². The number of para-hydroxylation sites is 1. The van der Waals surface area contributed by atoms with Crippen LogP contribution in [0.25, 0.3) is 99.2 Å². The van der Waals surface area contributed by atoms with Gasteiger partial charge < -0.3 is 0 Å². The molecule has 0 fully saturated rings. The molecule has 0 radical (unpaired) electrons. The van der Waals surface area contributed by atoms with Gasteiger partial charge in [-0.2, -0.15) is 0 Å². The van der Waals surface area contributed by atoms with Gasteiger partial charge in [-0.25, -0.2) is 19.9 Å². The molecule has 0 aliphatic rings. The van der Waals surface area contributed by atoms with E-state index >= 15 is 0 Å². The van der Waals surface area contributed by atoms with Crippen LogP contribution in [0.5, 0.6) is 0 Å². The molecule has 0 saturated carbocycles. The number of fused-ring (bicyclic) bond motifs is 9. The molecule has 0 spiro atoms. The Morgan fingerprint density at radius 3 is 1.67 bits per heavy atom. The fourth-order valence-corrected chi connectivity index (χ4v) is 6.83. The fourth-order valence-electron chi connectivity index (χ4n) is 6.83. The summed E-state index contributed by atoms with van der Waals surface area (Å²) in [5, 5.41) is 6.42. The number of hydrogen-bond acceptors (Lipinski definition) is 5. The first-order chi connectivity index (χ1) is 23.8. The Morgan fingerprint density at radius 2 is 0.917 bits per heavy atom. The van der Waals surface area contributed by atoms with Crippen molar-refractivity contribution < 1.29 is 0 Å². The SMILES string of the molecule is c1ccc(-c2ccc3ccc4ccc(-c5ccc(-c6nc7ccccc7c7cc8ccc9cccnc9c8nc67)cc5)nc4c3n2)cc1. The summed E-state index contributed by atoms with van der Waals surface area (Å²) in [6.45, 7) is 0. The Labute approximate surface area is 275 Å². The molecular weight excluding hydrogens is 587 g/mol. The molecule has 5 aromatic heterocycles. The van der Waals surface area contributed by atoms with Gasteiger partial charge in [0, 0.05) is 55.2 Å². The number of aromatic nitrogens is 5. The third-order valence-electron chi connectivity index (χ3n) is 9.25. The van der Waals surface area contributed by atoms with Gasteiger partial charge in [0.2, 0.25) is 0 Å². The van der Waals surface area contributed by atoms with E-state index in [4.69, 9.17) is 24.9 Å². The molecule has 10 rings (SSSR count). The highest BCUT2D eigenvalue weighted by molar-refractivity contribution is 6.15. The van der Waals surface area contributed by atoms with Crippen LogP contribution in [0.4, 0.5) is 0 Å². The minimum atomic E-state index is 0.847. The van der Waals surface area contributed by atoms with Crippen molar-refractivity contribution in [2.45, 2.75) is 0 Å². The second-order valence-corrected chi connectivity index (χ2v) is 12.1. The Kier molecular flexibility index (Phi) is 5.81. The molecule has 5 heteroatoms. The van der Waals surface area contributed by atoms with Crippen molar-refractivity contribution in [1.82, 2.24) is 24.9 Å². The van der Waals surface area contributed by atoms with Crippen molar-refractivity contribution in [3.8, 4) is 33.8 Å². The van der Waals surface area contributed by atoms with Crippen LogP contribution in [0, 0.1) is 0 Å². The average Bonchev–Trinajstić information content (AvgIpc) is 3.17. The molecule has 0 aliphatic carbocycles. The van der Waals surface area contributed by atoms with E-state index in [1.807, 2.05) is 36.5 Å². The van der Waals surface area contributed by atoms with E-state index in [1.165, 1.54) is 0 Å². The number of rotatable bonds is 3. The number of pyridine rings is 5. The summed E-state index contributed by atoms with van der Waals surface area (Å²) in [5.74, 6) is 0. The molecule has 0 amide bonds. The van der Waals surface area contributed by atoms with Crippen LogP contribution in [-0.2, 0) is 0 Å². The highest BCUT2D eigenvalue weighted by atomic mass is 14.8. The van der Waals surface area contributed by atoms with Crippen molar-refractivity contribution in [2.24, 2.45) is 0 Å². The molecule has 5 aromatic carbocycles. The van der Waals surface area contributed by atoms with Crippen LogP contribution in [-0.4, -0.2) is 24.9 Å². The second kappa shape index (κ2) is 10.5. The summed E-state index contributed by atoms with van der Waals surface area (Å²) >= 11 is 0. The summed E-state index contributed by atoms with van der Waals surface area (Å²) in [6, 6.07) is 50.2. The van der Waals surface area contributed by atoms with Crippen LogP contribution in [0.15, 0.2) is 152 Å². The van der Waals surface area contributed by atoms with Crippen molar-refractivity contribution >= 4 is 65.4 Å². The van der Waals surface area contributed by atoms with Gasteiger partial charge in [-0.3, -0.25) is 4.98 Å². The fraction of sp³-hybridized carbons (Fsp3) is 0. The standard InChI is InChI=1S/C43H25N5/c1-2-7-26(8-3-1)35-22-20-30-16-17-31-21-23-36(46-40(31)39(30)45-35)27-12-14-29(15-13-27)41-43-34(33-10-4-5-11-37(33)47-41)25-32-19-18-28-9-6-24-44-38(28)42(32)48-43/h1-25H. The predicted molar refractivity (Wildman–Crippen MR) is 197 cm³/mol. The quantitative estimate of drug-likeness (QED) is 0.147. The first-order valence-electron chi connectivity index (χ1n) is 16.0. The lowest BCUT2D eigenvalue weighted by atomic mass is 10.00. The highest BCUT2D eigenvalue weighted by Gasteiger charge is 2.15. The van der Waals surface area contributed by atoms with Gasteiger partial charge in [0.15, 0.2) is 0 Å². The third-order valence-corrected chi connectivity index (χ3v) is 9.25. The van der Waals surface area contributed by atoms with Crippen molar-refractivity contribution in [1.29, 1.82) is 0 Å². The number of hydrogen-bond donors (Lipinski definition) is 0. The normalized spacial score (nSPS) is 11.8. The van der Waals surface area contributed by atoms with E-state index < -0.39 is 0 Å². The smallest absolute Gasteiger partial charge is 0.0980 e. The third kappa shape index (κ3) is 4.22. The van der Waals surface area contributed by atoms with Gasteiger partial charge in [0.1, 0.15) is 0 Å². The van der Waals surface area contributed by atoms with E-state index in [0.717, 1.165) is 99.2 Å². The Morgan fingerprint density at radius 1 is 0.333 bits per heavy atom. The summed E-state index contributed by atoms with van der Waals surface area (Å²) < 4.78 is 0. The second-order valence-electron chi connectivity index (χ2n) is 12.1.